The molecule has 0 aliphatic carbocycles. The predicted octanol–water partition coefficient (Wildman–Crippen LogP) is 3.96. The zero-order valence-electron chi connectivity index (χ0n) is 16.9. The summed E-state index contributed by atoms with van der Waals surface area (Å²) >= 11 is 1.22. The Morgan fingerprint density at radius 3 is 2.47 bits per heavy atom. The molecule has 4 aromatic rings. The van der Waals surface area contributed by atoms with Crippen molar-refractivity contribution < 1.29 is 23.8 Å². The Morgan fingerprint density at radius 1 is 1.09 bits per heavy atom. The van der Waals surface area contributed by atoms with E-state index in [0.717, 1.165) is 5.69 Å². The first kappa shape index (κ1) is 21.2. The van der Waals surface area contributed by atoms with Crippen LogP contribution in [0.5, 0.6) is 5.75 Å². The van der Waals surface area contributed by atoms with Gasteiger partial charge < -0.3 is 19.6 Å². The number of aromatic nitrogens is 3. The van der Waals surface area contributed by atoms with Crippen molar-refractivity contribution in [3.8, 4) is 23.0 Å². The Labute approximate surface area is 187 Å². The van der Waals surface area contributed by atoms with E-state index in [0.29, 0.717) is 28.2 Å². The third-order valence-corrected chi connectivity index (χ3v) is 5.38. The molecule has 4 rings (SSSR count). The largest absolute Gasteiger partial charge is 0.497 e. The molecular formula is C22H18N4O5S. The van der Waals surface area contributed by atoms with Crippen molar-refractivity contribution in [2.45, 2.75) is 5.16 Å². The second-order valence-corrected chi connectivity index (χ2v) is 7.48. The van der Waals surface area contributed by atoms with Gasteiger partial charge in [-0.1, -0.05) is 11.8 Å². The van der Waals surface area contributed by atoms with Crippen LogP contribution in [-0.4, -0.2) is 44.6 Å². The molecule has 9 nitrogen and oxygen atoms in total. The number of carbonyl (C=O) groups is 2. The summed E-state index contributed by atoms with van der Waals surface area (Å²) in [5, 5.41) is 20.7. The Bertz CT molecular complexity index is 1220. The van der Waals surface area contributed by atoms with Crippen molar-refractivity contribution in [3.05, 3.63) is 72.5 Å². The third-order valence-electron chi connectivity index (χ3n) is 4.45. The molecule has 0 aliphatic heterocycles. The van der Waals surface area contributed by atoms with Gasteiger partial charge in [-0.3, -0.25) is 9.36 Å². The number of nitrogens with one attached hydrogen (secondary N) is 1. The summed E-state index contributed by atoms with van der Waals surface area (Å²) in [4.78, 5) is 23.4. The average Bonchev–Trinajstić information content (AvgIpc) is 3.48. The summed E-state index contributed by atoms with van der Waals surface area (Å²) in [5.74, 6) is 0.553. The number of methoxy groups -OCH3 is 1. The molecule has 0 saturated heterocycles. The number of furan rings is 1. The van der Waals surface area contributed by atoms with Gasteiger partial charge in [-0.2, -0.15) is 0 Å². The molecule has 10 heteroatoms. The molecule has 2 N–H and O–H groups in total. The maximum Gasteiger partial charge on any atom is 0.335 e. The number of anilines is 1. The van der Waals surface area contributed by atoms with Gasteiger partial charge in [0.05, 0.1) is 30.4 Å². The summed E-state index contributed by atoms with van der Waals surface area (Å²) in [5.41, 5.74) is 1.44. The Kier molecular flexibility index (Phi) is 6.22. The molecule has 1 amide bonds. The van der Waals surface area contributed by atoms with Crippen LogP contribution in [0.2, 0.25) is 0 Å². The quantitative estimate of drug-likeness (QED) is 0.387. The number of carboxylic acids is 1. The van der Waals surface area contributed by atoms with Gasteiger partial charge in [-0.15, -0.1) is 10.2 Å². The highest BCUT2D eigenvalue weighted by atomic mass is 32.2. The van der Waals surface area contributed by atoms with Crippen molar-refractivity contribution in [2.75, 3.05) is 18.2 Å². The summed E-state index contributed by atoms with van der Waals surface area (Å²) in [6.07, 6.45) is 1.55. The number of benzene rings is 2. The number of carbonyl (C=O) groups excluding carboxylic acids is 1. The highest BCUT2D eigenvalue weighted by Gasteiger charge is 2.19. The summed E-state index contributed by atoms with van der Waals surface area (Å²) in [6.45, 7) is 0. The fourth-order valence-corrected chi connectivity index (χ4v) is 3.67. The standard InChI is InChI=1S/C22H18N4O5S/c1-30-17-10-8-16(9-11-17)26-20(18-3-2-12-31-18)24-25-22(26)32-13-19(27)23-15-6-4-14(5-7-15)21(28)29/h2-12H,13H2,1H3,(H,23,27)(H,28,29). The lowest BCUT2D eigenvalue weighted by molar-refractivity contribution is -0.113. The summed E-state index contributed by atoms with van der Waals surface area (Å²) in [7, 11) is 1.59. The number of nitrogens with zero attached hydrogens (tertiary/aromatic N) is 3. The van der Waals surface area contributed by atoms with Gasteiger partial charge >= 0.3 is 5.97 Å². The lowest BCUT2D eigenvalue weighted by Crippen LogP contribution is -2.14. The maximum absolute atomic E-state index is 12.4. The Balaban J connectivity index is 1.52. The summed E-state index contributed by atoms with van der Waals surface area (Å²) < 4.78 is 12.5. The van der Waals surface area contributed by atoms with Gasteiger partial charge in [0.25, 0.3) is 0 Å². The van der Waals surface area contributed by atoms with Crippen molar-refractivity contribution in [1.29, 1.82) is 0 Å². The Hall–Kier alpha value is -4.05. The summed E-state index contributed by atoms with van der Waals surface area (Å²) in [6, 6.07) is 16.9. The molecule has 32 heavy (non-hydrogen) atoms. The number of thioether (sulfide) groups is 1. The second kappa shape index (κ2) is 9.40. The van der Waals surface area contributed by atoms with E-state index in [9.17, 15) is 9.59 Å². The zero-order valence-corrected chi connectivity index (χ0v) is 17.7. The fourth-order valence-electron chi connectivity index (χ4n) is 2.92. The number of rotatable bonds is 8. The highest BCUT2D eigenvalue weighted by Crippen LogP contribution is 2.29. The molecule has 0 spiro atoms. The van der Waals surface area contributed by atoms with Crippen LogP contribution in [0.4, 0.5) is 5.69 Å². The Morgan fingerprint density at radius 2 is 1.84 bits per heavy atom. The van der Waals surface area contributed by atoms with Crippen LogP contribution in [0.15, 0.2) is 76.5 Å². The van der Waals surface area contributed by atoms with Crippen LogP contribution in [0.1, 0.15) is 10.4 Å². The van der Waals surface area contributed by atoms with Gasteiger partial charge in [-0.25, -0.2) is 4.79 Å². The second-order valence-electron chi connectivity index (χ2n) is 6.54. The van der Waals surface area contributed by atoms with Crippen LogP contribution in [0.25, 0.3) is 17.3 Å². The van der Waals surface area contributed by atoms with Crippen molar-refractivity contribution in [3.63, 3.8) is 0 Å². The van der Waals surface area contributed by atoms with E-state index in [-0.39, 0.29) is 17.2 Å². The van der Waals surface area contributed by atoms with Gasteiger partial charge in [0, 0.05) is 5.69 Å². The van der Waals surface area contributed by atoms with Gasteiger partial charge in [0.2, 0.25) is 11.7 Å². The van der Waals surface area contributed by atoms with Crippen LogP contribution in [-0.2, 0) is 4.79 Å². The van der Waals surface area contributed by atoms with E-state index in [2.05, 4.69) is 15.5 Å². The van der Waals surface area contributed by atoms with Gasteiger partial charge in [0.1, 0.15) is 5.75 Å². The fraction of sp³-hybridized carbons (Fsp3) is 0.0909. The van der Waals surface area contributed by atoms with Crippen molar-refractivity contribution in [1.82, 2.24) is 14.8 Å². The van der Waals surface area contributed by atoms with E-state index in [4.69, 9.17) is 14.3 Å². The van der Waals surface area contributed by atoms with E-state index >= 15 is 0 Å². The predicted molar refractivity (Wildman–Crippen MR) is 118 cm³/mol. The van der Waals surface area contributed by atoms with E-state index in [1.165, 1.54) is 23.9 Å². The molecule has 0 radical (unpaired) electrons. The number of amides is 1. The maximum atomic E-state index is 12.4. The molecule has 162 valence electrons. The molecule has 0 saturated carbocycles. The lowest BCUT2D eigenvalue weighted by atomic mass is 10.2. The monoisotopic (exact) mass is 450 g/mol. The van der Waals surface area contributed by atoms with Crippen LogP contribution in [0, 0.1) is 0 Å². The van der Waals surface area contributed by atoms with Gasteiger partial charge in [0.15, 0.2) is 10.9 Å². The van der Waals surface area contributed by atoms with Crippen molar-refractivity contribution in [2.24, 2.45) is 0 Å². The molecule has 2 aromatic carbocycles. The highest BCUT2D eigenvalue weighted by molar-refractivity contribution is 7.99. The van der Waals surface area contributed by atoms with Gasteiger partial charge in [-0.05, 0) is 60.7 Å². The van der Waals surface area contributed by atoms with Crippen LogP contribution < -0.4 is 10.1 Å². The molecular weight excluding hydrogens is 432 g/mol. The lowest BCUT2D eigenvalue weighted by Gasteiger charge is -2.10. The van der Waals surface area contributed by atoms with Crippen LogP contribution >= 0.6 is 11.8 Å². The topological polar surface area (TPSA) is 119 Å². The molecule has 0 atom stereocenters. The number of aromatic carboxylic acids is 1. The molecule has 0 aliphatic rings. The zero-order chi connectivity index (χ0) is 22.5. The normalized spacial score (nSPS) is 10.7. The van der Waals surface area contributed by atoms with E-state index in [1.807, 2.05) is 24.3 Å². The van der Waals surface area contributed by atoms with E-state index in [1.54, 1.807) is 42.2 Å². The third kappa shape index (κ3) is 4.65. The minimum Gasteiger partial charge on any atom is -0.497 e. The molecule has 0 bridgehead atoms. The number of carboxylic acid groups (broad SMARTS) is 1. The number of hydrogen-bond donors (Lipinski definition) is 2. The molecule has 2 heterocycles. The first-order chi connectivity index (χ1) is 15.5. The average molecular weight is 450 g/mol. The number of ether oxygens (including phenoxy) is 1. The van der Waals surface area contributed by atoms with Crippen molar-refractivity contribution >= 4 is 29.3 Å². The minimum atomic E-state index is -1.02. The number of hydrogen-bond acceptors (Lipinski definition) is 7. The first-order valence-corrected chi connectivity index (χ1v) is 10.4. The SMILES string of the molecule is COc1ccc(-n2c(SCC(=O)Nc3ccc(C(=O)O)cc3)nnc2-c2ccco2)cc1. The molecule has 0 unspecified atom stereocenters. The first-order valence-electron chi connectivity index (χ1n) is 9.45. The van der Waals surface area contributed by atoms with Crippen LogP contribution in [0.3, 0.4) is 0 Å². The smallest absolute Gasteiger partial charge is 0.335 e. The molecule has 0 fully saturated rings. The molecule has 2 aromatic heterocycles. The van der Waals surface area contributed by atoms with E-state index < -0.39 is 5.97 Å². The minimum absolute atomic E-state index is 0.0765.